The fourth-order valence-corrected chi connectivity index (χ4v) is 2.78. The van der Waals surface area contributed by atoms with Crippen molar-refractivity contribution in [3.05, 3.63) is 48.2 Å². The fourth-order valence-electron chi connectivity index (χ4n) is 2.78. The molecule has 0 unspecified atom stereocenters. The number of halogens is 1. The highest BCUT2D eigenvalue weighted by Crippen LogP contribution is 2.21. The first kappa shape index (κ1) is 16.6. The van der Waals surface area contributed by atoms with E-state index in [0.29, 0.717) is 5.88 Å². The molecule has 1 aliphatic rings. The minimum absolute atomic E-state index is 0.0342. The molecule has 0 bridgehead atoms. The molecular weight excluding hydrogens is 307 g/mol. The molecule has 1 atom stereocenters. The van der Waals surface area contributed by atoms with Crippen molar-refractivity contribution in [2.24, 2.45) is 0 Å². The zero-order valence-electron chi connectivity index (χ0n) is 14.1. The third-order valence-corrected chi connectivity index (χ3v) is 4.27. The van der Waals surface area contributed by atoms with Gasteiger partial charge in [0.2, 0.25) is 5.88 Å². The Morgan fingerprint density at radius 2 is 1.96 bits per heavy atom. The Morgan fingerprint density at radius 1 is 1.17 bits per heavy atom. The molecule has 0 spiro atoms. The van der Waals surface area contributed by atoms with Gasteiger partial charge in [0.1, 0.15) is 11.9 Å². The first-order chi connectivity index (χ1) is 11.6. The summed E-state index contributed by atoms with van der Waals surface area (Å²) in [5, 5.41) is 3.30. The summed E-state index contributed by atoms with van der Waals surface area (Å²) in [4.78, 5) is 10.8. The van der Waals surface area contributed by atoms with Gasteiger partial charge in [-0.1, -0.05) is 0 Å². The third-order valence-electron chi connectivity index (χ3n) is 4.27. The summed E-state index contributed by atoms with van der Waals surface area (Å²) in [5.41, 5.74) is 1.66. The monoisotopic (exact) mass is 330 g/mol. The van der Waals surface area contributed by atoms with Crippen LogP contribution in [-0.4, -0.2) is 41.1 Å². The lowest BCUT2D eigenvalue weighted by atomic mass is 10.1. The largest absolute Gasteiger partial charge is 0.474 e. The van der Waals surface area contributed by atoms with E-state index >= 15 is 0 Å². The van der Waals surface area contributed by atoms with Gasteiger partial charge >= 0.3 is 0 Å². The molecule has 0 radical (unpaired) electrons. The van der Waals surface area contributed by atoms with Crippen LogP contribution in [0, 0.1) is 5.82 Å². The molecular formula is C18H23FN4O. The number of piperidine rings is 1. The summed E-state index contributed by atoms with van der Waals surface area (Å²) in [6.07, 6.45) is 5.29. The lowest BCUT2D eigenvalue weighted by Gasteiger charge is -2.28. The van der Waals surface area contributed by atoms with Crippen molar-refractivity contribution in [3.8, 4) is 5.88 Å². The normalized spacial score (nSPS) is 17.5. The molecule has 1 saturated heterocycles. The van der Waals surface area contributed by atoms with Crippen LogP contribution in [0.15, 0.2) is 36.7 Å². The van der Waals surface area contributed by atoms with Gasteiger partial charge in [0, 0.05) is 19.2 Å². The summed E-state index contributed by atoms with van der Waals surface area (Å²) in [6, 6.07) is 6.88. The zero-order chi connectivity index (χ0) is 16.9. The number of nitrogens with zero attached hydrogens (tertiary/aromatic N) is 3. The molecule has 2 aromatic heterocycles. The van der Waals surface area contributed by atoms with Crippen molar-refractivity contribution in [3.63, 3.8) is 0 Å². The molecule has 0 aliphatic carbocycles. The van der Waals surface area contributed by atoms with Gasteiger partial charge < -0.3 is 15.0 Å². The fraction of sp³-hybridized carbons (Fsp3) is 0.444. The van der Waals surface area contributed by atoms with Crippen LogP contribution >= 0.6 is 0 Å². The number of likely N-dealkylation sites (tertiary alicyclic amines) is 1. The topological polar surface area (TPSA) is 50.3 Å². The Balaban J connectivity index is 1.55. The van der Waals surface area contributed by atoms with E-state index in [9.17, 15) is 4.39 Å². The van der Waals surface area contributed by atoms with Crippen LogP contribution in [0.3, 0.4) is 0 Å². The summed E-state index contributed by atoms with van der Waals surface area (Å²) in [7, 11) is 2.13. The molecule has 128 valence electrons. The minimum Gasteiger partial charge on any atom is -0.474 e. The highest BCUT2D eigenvalue weighted by Gasteiger charge is 2.18. The number of nitrogens with one attached hydrogen (secondary N) is 1. The number of pyridine rings is 2. The molecule has 3 heterocycles. The van der Waals surface area contributed by atoms with Gasteiger partial charge in [-0.05, 0) is 45.0 Å². The second kappa shape index (κ2) is 7.57. The predicted molar refractivity (Wildman–Crippen MR) is 91.6 cm³/mol. The van der Waals surface area contributed by atoms with Crippen LogP contribution in [0.2, 0.25) is 0 Å². The average molecular weight is 330 g/mol. The summed E-state index contributed by atoms with van der Waals surface area (Å²) < 4.78 is 18.9. The molecule has 1 aliphatic heterocycles. The quantitative estimate of drug-likeness (QED) is 0.912. The minimum atomic E-state index is -0.331. The third kappa shape index (κ3) is 4.41. The summed E-state index contributed by atoms with van der Waals surface area (Å²) in [6.45, 7) is 4.10. The van der Waals surface area contributed by atoms with E-state index < -0.39 is 0 Å². The van der Waals surface area contributed by atoms with E-state index in [1.807, 2.05) is 19.1 Å². The number of anilines is 1. The molecule has 0 aromatic carbocycles. The van der Waals surface area contributed by atoms with Crippen molar-refractivity contribution in [2.75, 3.05) is 25.5 Å². The van der Waals surface area contributed by atoms with Gasteiger partial charge in [0.25, 0.3) is 0 Å². The first-order valence-corrected chi connectivity index (χ1v) is 8.29. The maximum atomic E-state index is 12.9. The van der Waals surface area contributed by atoms with E-state index in [2.05, 4.69) is 27.2 Å². The number of ether oxygens (including phenoxy) is 1. The lowest BCUT2D eigenvalue weighted by molar-refractivity contribution is 0.110. The highest BCUT2D eigenvalue weighted by molar-refractivity contribution is 5.43. The predicted octanol–water partition coefficient (Wildman–Crippen LogP) is 3.26. The number of aromatic nitrogens is 2. The molecule has 6 heteroatoms. The summed E-state index contributed by atoms with van der Waals surface area (Å²) in [5.74, 6) is 0.325. The SMILES string of the molecule is C[C@H](Nc1ccc(OC2CCN(C)CC2)nc1)c1ccc(F)cn1. The molecule has 2 aromatic rings. The van der Waals surface area contributed by atoms with E-state index in [1.54, 1.807) is 12.3 Å². The second-order valence-electron chi connectivity index (χ2n) is 6.27. The van der Waals surface area contributed by atoms with Crippen molar-refractivity contribution in [2.45, 2.75) is 31.9 Å². The lowest BCUT2D eigenvalue weighted by Crippen LogP contribution is -2.35. The molecule has 1 fully saturated rings. The van der Waals surface area contributed by atoms with E-state index in [0.717, 1.165) is 37.3 Å². The van der Waals surface area contributed by atoms with Crippen LogP contribution < -0.4 is 10.1 Å². The Bertz CT molecular complexity index is 639. The zero-order valence-corrected chi connectivity index (χ0v) is 14.1. The molecule has 0 saturated carbocycles. The van der Waals surface area contributed by atoms with E-state index in [4.69, 9.17) is 4.74 Å². The Kier molecular flexibility index (Phi) is 5.25. The van der Waals surface area contributed by atoms with Crippen LogP contribution in [0.1, 0.15) is 31.5 Å². The Morgan fingerprint density at radius 3 is 2.58 bits per heavy atom. The second-order valence-corrected chi connectivity index (χ2v) is 6.27. The number of hydrogen-bond acceptors (Lipinski definition) is 5. The first-order valence-electron chi connectivity index (χ1n) is 8.29. The maximum absolute atomic E-state index is 12.9. The van der Waals surface area contributed by atoms with Gasteiger partial charge in [0.05, 0.1) is 29.8 Å². The average Bonchev–Trinajstić information content (AvgIpc) is 2.59. The summed E-state index contributed by atoms with van der Waals surface area (Å²) >= 11 is 0. The van der Waals surface area contributed by atoms with Crippen LogP contribution in [-0.2, 0) is 0 Å². The van der Waals surface area contributed by atoms with Gasteiger partial charge in [-0.3, -0.25) is 4.98 Å². The van der Waals surface area contributed by atoms with Gasteiger partial charge in [-0.25, -0.2) is 9.37 Å². The van der Waals surface area contributed by atoms with Crippen molar-refractivity contribution >= 4 is 5.69 Å². The molecule has 5 nitrogen and oxygen atoms in total. The maximum Gasteiger partial charge on any atom is 0.213 e. The van der Waals surface area contributed by atoms with Crippen molar-refractivity contribution in [1.29, 1.82) is 0 Å². The molecule has 1 N–H and O–H groups in total. The van der Waals surface area contributed by atoms with Gasteiger partial charge in [-0.15, -0.1) is 0 Å². The van der Waals surface area contributed by atoms with Gasteiger partial charge in [0.15, 0.2) is 0 Å². The van der Waals surface area contributed by atoms with Crippen molar-refractivity contribution < 1.29 is 9.13 Å². The number of rotatable bonds is 5. The van der Waals surface area contributed by atoms with Crippen LogP contribution in [0.4, 0.5) is 10.1 Å². The van der Waals surface area contributed by atoms with E-state index in [-0.39, 0.29) is 18.0 Å². The van der Waals surface area contributed by atoms with E-state index in [1.165, 1.54) is 12.3 Å². The Labute approximate surface area is 141 Å². The van der Waals surface area contributed by atoms with Crippen LogP contribution in [0.25, 0.3) is 0 Å². The standard InChI is InChI=1S/C18H23FN4O/c1-13(17-5-3-14(19)11-20-17)22-15-4-6-18(21-12-15)24-16-7-9-23(2)10-8-16/h3-6,11-13,16,22H,7-10H2,1-2H3/t13-/m0/s1. The number of hydrogen-bond donors (Lipinski definition) is 1. The highest BCUT2D eigenvalue weighted by atomic mass is 19.1. The van der Waals surface area contributed by atoms with Crippen LogP contribution in [0.5, 0.6) is 5.88 Å². The molecule has 3 rings (SSSR count). The smallest absolute Gasteiger partial charge is 0.213 e. The molecule has 0 amide bonds. The van der Waals surface area contributed by atoms with Gasteiger partial charge in [-0.2, -0.15) is 0 Å². The Hall–Kier alpha value is -2.21. The van der Waals surface area contributed by atoms with Crippen molar-refractivity contribution in [1.82, 2.24) is 14.9 Å². The molecule has 24 heavy (non-hydrogen) atoms.